The fraction of sp³-hybridized carbons (Fsp3) is 1.00. The molecule has 90 valence electrons. The second-order valence-corrected chi connectivity index (χ2v) is 5.47. The van der Waals surface area contributed by atoms with Crippen LogP contribution in [0.3, 0.4) is 0 Å². The molecule has 2 unspecified atom stereocenters. The van der Waals surface area contributed by atoms with Crippen molar-refractivity contribution >= 4 is 12.4 Å². The van der Waals surface area contributed by atoms with E-state index in [2.05, 4.69) is 26.1 Å². The predicted octanol–water partition coefficient (Wildman–Crippen LogP) is 1.81. The molecule has 4 heteroatoms. The van der Waals surface area contributed by atoms with Crippen molar-refractivity contribution in [3.05, 3.63) is 0 Å². The van der Waals surface area contributed by atoms with Gasteiger partial charge in [0.25, 0.3) is 0 Å². The van der Waals surface area contributed by atoms with Gasteiger partial charge >= 0.3 is 0 Å². The van der Waals surface area contributed by atoms with E-state index in [1.165, 1.54) is 0 Å². The van der Waals surface area contributed by atoms with E-state index in [9.17, 15) is 0 Å². The molecule has 0 aromatic rings. The van der Waals surface area contributed by atoms with Crippen LogP contribution in [0.25, 0.3) is 0 Å². The largest absolute Gasteiger partial charge is 0.381 e. The molecule has 0 aliphatic carbocycles. The van der Waals surface area contributed by atoms with Crippen LogP contribution in [0.4, 0.5) is 0 Å². The van der Waals surface area contributed by atoms with E-state index in [4.69, 9.17) is 9.47 Å². The summed E-state index contributed by atoms with van der Waals surface area (Å²) in [5.74, 6) is 0.513. The molecule has 0 aromatic carbocycles. The van der Waals surface area contributed by atoms with Gasteiger partial charge in [0.1, 0.15) is 5.72 Å². The van der Waals surface area contributed by atoms with Gasteiger partial charge in [-0.05, 0) is 13.3 Å². The number of ether oxygens (including phenoxy) is 2. The van der Waals surface area contributed by atoms with Gasteiger partial charge in [-0.25, -0.2) is 0 Å². The zero-order chi connectivity index (χ0) is 10.2. The lowest BCUT2D eigenvalue weighted by Gasteiger charge is -2.45. The van der Waals surface area contributed by atoms with Crippen molar-refractivity contribution < 1.29 is 9.47 Å². The van der Waals surface area contributed by atoms with E-state index in [0.717, 1.165) is 32.8 Å². The minimum Gasteiger partial charge on any atom is -0.381 e. The van der Waals surface area contributed by atoms with Gasteiger partial charge in [-0.1, -0.05) is 13.8 Å². The van der Waals surface area contributed by atoms with Gasteiger partial charge in [0.2, 0.25) is 0 Å². The maximum absolute atomic E-state index is 5.97. The van der Waals surface area contributed by atoms with Crippen molar-refractivity contribution in [2.24, 2.45) is 11.3 Å². The molecule has 0 bridgehead atoms. The summed E-state index contributed by atoms with van der Waals surface area (Å²) < 4.78 is 11.4. The Bertz CT molecular complexity index is 205. The SMILES string of the molecule is CC1(C)CNC(C)(C2CCOC2)OC1.Cl. The molecule has 2 atom stereocenters. The van der Waals surface area contributed by atoms with E-state index in [1.807, 2.05) is 0 Å². The topological polar surface area (TPSA) is 30.5 Å². The van der Waals surface area contributed by atoms with Crippen molar-refractivity contribution in [1.29, 1.82) is 0 Å². The molecule has 0 radical (unpaired) electrons. The molecule has 2 rings (SSSR count). The van der Waals surface area contributed by atoms with Crippen LogP contribution < -0.4 is 5.32 Å². The average molecular weight is 236 g/mol. The second-order valence-electron chi connectivity index (χ2n) is 5.47. The zero-order valence-electron chi connectivity index (χ0n) is 9.84. The highest BCUT2D eigenvalue weighted by Gasteiger charge is 2.42. The fourth-order valence-corrected chi connectivity index (χ4v) is 2.09. The first kappa shape index (κ1) is 13.2. The minimum atomic E-state index is -0.161. The summed E-state index contributed by atoms with van der Waals surface area (Å²) >= 11 is 0. The number of rotatable bonds is 1. The summed E-state index contributed by atoms with van der Waals surface area (Å²) in [5.41, 5.74) is 0.102. The molecule has 2 aliphatic rings. The normalized spacial score (nSPS) is 39.8. The quantitative estimate of drug-likeness (QED) is 0.752. The van der Waals surface area contributed by atoms with Gasteiger partial charge in [-0.15, -0.1) is 12.4 Å². The predicted molar refractivity (Wildman–Crippen MR) is 62.3 cm³/mol. The molecule has 2 fully saturated rings. The molecular formula is C11H22ClNO2. The lowest BCUT2D eigenvalue weighted by atomic mass is 9.88. The number of hydrogen-bond donors (Lipinski definition) is 1. The Morgan fingerprint density at radius 3 is 2.47 bits per heavy atom. The maximum atomic E-state index is 5.97. The summed E-state index contributed by atoms with van der Waals surface area (Å²) in [7, 11) is 0. The Labute approximate surface area is 98.3 Å². The summed E-state index contributed by atoms with van der Waals surface area (Å²) in [6, 6.07) is 0. The van der Waals surface area contributed by atoms with Crippen LogP contribution in [0.1, 0.15) is 27.2 Å². The number of nitrogens with one attached hydrogen (secondary N) is 1. The van der Waals surface area contributed by atoms with E-state index < -0.39 is 0 Å². The molecule has 2 saturated heterocycles. The summed E-state index contributed by atoms with van der Waals surface area (Å²) in [6.45, 7) is 10.2. The monoisotopic (exact) mass is 235 g/mol. The third kappa shape index (κ3) is 2.84. The molecule has 2 aliphatic heterocycles. The highest BCUT2D eigenvalue weighted by atomic mass is 35.5. The zero-order valence-corrected chi connectivity index (χ0v) is 10.7. The van der Waals surface area contributed by atoms with Crippen molar-refractivity contribution in [3.8, 4) is 0 Å². The van der Waals surface area contributed by atoms with Gasteiger partial charge in [0.15, 0.2) is 0 Å². The van der Waals surface area contributed by atoms with E-state index >= 15 is 0 Å². The van der Waals surface area contributed by atoms with Gasteiger partial charge in [0, 0.05) is 24.5 Å². The molecule has 15 heavy (non-hydrogen) atoms. The van der Waals surface area contributed by atoms with E-state index in [1.54, 1.807) is 0 Å². The van der Waals surface area contributed by atoms with Crippen molar-refractivity contribution in [2.75, 3.05) is 26.4 Å². The van der Waals surface area contributed by atoms with Gasteiger partial charge < -0.3 is 9.47 Å². The van der Waals surface area contributed by atoms with Crippen LogP contribution in [0.5, 0.6) is 0 Å². The number of halogens is 1. The van der Waals surface area contributed by atoms with Gasteiger partial charge in [-0.2, -0.15) is 0 Å². The maximum Gasteiger partial charge on any atom is 0.121 e. The first-order valence-electron chi connectivity index (χ1n) is 5.49. The van der Waals surface area contributed by atoms with Crippen molar-refractivity contribution in [2.45, 2.75) is 32.9 Å². The highest BCUT2D eigenvalue weighted by Crippen LogP contribution is 2.32. The minimum absolute atomic E-state index is 0. The summed E-state index contributed by atoms with van der Waals surface area (Å²) in [6.07, 6.45) is 1.12. The standard InChI is InChI=1S/C11H21NO2.ClH/c1-10(2)7-12-11(3,14-8-10)9-4-5-13-6-9;/h9,12H,4-8H2,1-3H3;1H. The molecule has 0 spiro atoms. The Morgan fingerprint density at radius 2 is 2.00 bits per heavy atom. The molecule has 3 nitrogen and oxygen atoms in total. The highest BCUT2D eigenvalue weighted by molar-refractivity contribution is 5.85. The third-order valence-corrected chi connectivity index (χ3v) is 3.39. The van der Waals surface area contributed by atoms with Crippen LogP contribution in [-0.4, -0.2) is 32.1 Å². The van der Waals surface area contributed by atoms with E-state index in [0.29, 0.717) is 5.92 Å². The van der Waals surface area contributed by atoms with Crippen LogP contribution in [0, 0.1) is 11.3 Å². The lowest BCUT2D eigenvalue weighted by molar-refractivity contribution is -0.156. The third-order valence-electron chi connectivity index (χ3n) is 3.39. The first-order valence-corrected chi connectivity index (χ1v) is 5.49. The molecule has 0 aromatic heterocycles. The summed E-state index contributed by atoms with van der Waals surface area (Å²) in [5, 5.41) is 3.53. The molecular weight excluding hydrogens is 214 g/mol. The Kier molecular flexibility index (Phi) is 4.04. The Morgan fingerprint density at radius 1 is 1.27 bits per heavy atom. The van der Waals surface area contributed by atoms with Gasteiger partial charge in [0.05, 0.1) is 13.2 Å². The Balaban J connectivity index is 0.00000112. The van der Waals surface area contributed by atoms with Crippen molar-refractivity contribution in [3.63, 3.8) is 0 Å². The molecule has 0 amide bonds. The average Bonchev–Trinajstić information content (AvgIpc) is 2.64. The second kappa shape index (κ2) is 4.58. The van der Waals surface area contributed by atoms with Crippen LogP contribution in [-0.2, 0) is 9.47 Å². The van der Waals surface area contributed by atoms with Crippen LogP contribution in [0.2, 0.25) is 0 Å². The molecule has 1 N–H and O–H groups in total. The smallest absolute Gasteiger partial charge is 0.121 e. The van der Waals surface area contributed by atoms with Crippen molar-refractivity contribution in [1.82, 2.24) is 5.32 Å². The molecule has 2 heterocycles. The number of hydrogen-bond acceptors (Lipinski definition) is 3. The van der Waals surface area contributed by atoms with Crippen LogP contribution >= 0.6 is 12.4 Å². The first-order chi connectivity index (χ1) is 6.52. The van der Waals surface area contributed by atoms with Crippen LogP contribution in [0.15, 0.2) is 0 Å². The molecule has 0 saturated carbocycles. The lowest BCUT2D eigenvalue weighted by Crippen LogP contribution is -2.59. The fourth-order valence-electron chi connectivity index (χ4n) is 2.09. The Hall–Kier alpha value is 0.170. The van der Waals surface area contributed by atoms with E-state index in [-0.39, 0.29) is 23.5 Å². The van der Waals surface area contributed by atoms with Gasteiger partial charge in [-0.3, -0.25) is 5.32 Å². The summed E-state index contributed by atoms with van der Waals surface area (Å²) in [4.78, 5) is 0.